The van der Waals surface area contributed by atoms with Gasteiger partial charge in [-0.3, -0.25) is 5.01 Å². The van der Waals surface area contributed by atoms with E-state index in [0.717, 1.165) is 0 Å². The fourth-order valence-electron chi connectivity index (χ4n) is 0.667. The molecule has 5 heteroatoms. The quantitative estimate of drug-likeness (QED) is 0.543. The number of rotatable bonds is 1. The van der Waals surface area contributed by atoms with Gasteiger partial charge in [0.05, 0.1) is 10.0 Å². The first-order valence-corrected chi connectivity index (χ1v) is 3.66. The van der Waals surface area contributed by atoms with Gasteiger partial charge in [-0.05, 0) is 6.07 Å². The smallest absolute Gasteiger partial charge is 0.161 e. The third-order valence-corrected chi connectivity index (χ3v) is 1.61. The Morgan fingerprint density at radius 3 is 2.64 bits per heavy atom. The van der Waals surface area contributed by atoms with Crippen molar-refractivity contribution < 1.29 is 0 Å². The molecule has 0 saturated heterocycles. The van der Waals surface area contributed by atoms with Crippen LogP contribution in [0.25, 0.3) is 0 Å². The Kier molecular flexibility index (Phi) is 2.54. The average molecular weight is 192 g/mol. The Bertz CT molecular complexity index is 262. The van der Waals surface area contributed by atoms with Crippen LogP contribution in [0, 0.1) is 0 Å². The summed E-state index contributed by atoms with van der Waals surface area (Å²) in [7, 11) is 1.65. The van der Waals surface area contributed by atoms with Crippen LogP contribution in [0.3, 0.4) is 0 Å². The number of halogens is 2. The van der Waals surface area contributed by atoms with E-state index in [1.165, 1.54) is 11.2 Å². The van der Waals surface area contributed by atoms with Crippen LogP contribution in [0.1, 0.15) is 0 Å². The van der Waals surface area contributed by atoms with E-state index >= 15 is 0 Å². The van der Waals surface area contributed by atoms with Gasteiger partial charge < -0.3 is 0 Å². The maximum absolute atomic E-state index is 5.76. The first-order valence-electron chi connectivity index (χ1n) is 2.90. The largest absolute Gasteiger partial charge is 0.297 e. The number of aromatic nitrogens is 1. The molecule has 1 heterocycles. The zero-order valence-corrected chi connectivity index (χ0v) is 7.39. The summed E-state index contributed by atoms with van der Waals surface area (Å²) in [6, 6.07) is 1.59. The van der Waals surface area contributed by atoms with Crippen molar-refractivity contribution in [2.45, 2.75) is 0 Å². The molecule has 3 nitrogen and oxygen atoms in total. The van der Waals surface area contributed by atoms with Crippen molar-refractivity contribution in [3.05, 3.63) is 22.3 Å². The van der Waals surface area contributed by atoms with Crippen LogP contribution >= 0.6 is 23.2 Å². The zero-order chi connectivity index (χ0) is 8.43. The van der Waals surface area contributed by atoms with E-state index in [0.29, 0.717) is 15.9 Å². The fraction of sp³-hybridized carbons (Fsp3) is 0.167. The van der Waals surface area contributed by atoms with Gasteiger partial charge in [-0.15, -0.1) is 0 Å². The van der Waals surface area contributed by atoms with Gasteiger partial charge in [-0.1, -0.05) is 23.2 Å². The van der Waals surface area contributed by atoms with Crippen LogP contribution in [-0.4, -0.2) is 12.0 Å². The molecule has 0 radical (unpaired) electrons. The van der Waals surface area contributed by atoms with Crippen molar-refractivity contribution in [3.8, 4) is 0 Å². The van der Waals surface area contributed by atoms with Gasteiger partial charge >= 0.3 is 0 Å². The molecule has 11 heavy (non-hydrogen) atoms. The first-order chi connectivity index (χ1) is 5.11. The maximum atomic E-state index is 5.76. The van der Waals surface area contributed by atoms with Crippen LogP contribution in [0.5, 0.6) is 0 Å². The second-order valence-electron chi connectivity index (χ2n) is 2.07. The lowest BCUT2D eigenvalue weighted by Crippen LogP contribution is -2.26. The summed E-state index contributed by atoms with van der Waals surface area (Å²) in [6.45, 7) is 0. The molecule has 0 bridgehead atoms. The minimum absolute atomic E-state index is 0.447. The van der Waals surface area contributed by atoms with Gasteiger partial charge in [0.25, 0.3) is 0 Å². The molecular formula is C6H7Cl2N3. The standard InChI is InChI=1S/C6H7Cl2N3/c1-11(9)6-5(8)2-4(7)3-10-6/h2-3H,9H2,1H3. The van der Waals surface area contributed by atoms with Crippen LogP contribution in [0.4, 0.5) is 5.82 Å². The molecule has 0 saturated carbocycles. The number of hydrogen-bond donors (Lipinski definition) is 1. The fourth-order valence-corrected chi connectivity index (χ4v) is 1.18. The predicted octanol–water partition coefficient (Wildman–Crippen LogP) is 1.70. The highest BCUT2D eigenvalue weighted by molar-refractivity contribution is 6.35. The molecule has 0 aliphatic carbocycles. The molecule has 0 aliphatic heterocycles. The van der Waals surface area contributed by atoms with E-state index in [4.69, 9.17) is 29.0 Å². The van der Waals surface area contributed by atoms with Crippen LogP contribution in [0.2, 0.25) is 10.0 Å². The first kappa shape index (κ1) is 8.59. The number of hydrazine groups is 1. The third-order valence-electron chi connectivity index (χ3n) is 1.12. The average Bonchev–Trinajstić information content (AvgIpc) is 1.85. The predicted molar refractivity (Wildman–Crippen MR) is 46.8 cm³/mol. The van der Waals surface area contributed by atoms with Gasteiger partial charge in [-0.25, -0.2) is 10.8 Å². The zero-order valence-electron chi connectivity index (χ0n) is 5.88. The van der Waals surface area contributed by atoms with Crippen molar-refractivity contribution in [2.75, 3.05) is 12.1 Å². The van der Waals surface area contributed by atoms with Gasteiger partial charge in [0, 0.05) is 13.2 Å². The lowest BCUT2D eigenvalue weighted by Gasteiger charge is -2.11. The summed E-state index contributed by atoms with van der Waals surface area (Å²) in [5.41, 5.74) is 0. The topological polar surface area (TPSA) is 42.1 Å². The van der Waals surface area contributed by atoms with Crippen LogP contribution < -0.4 is 10.9 Å². The molecular weight excluding hydrogens is 185 g/mol. The SMILES string of the molecule is CN(N)c1ncc(Cl)cc1Cl. The number of anilines is 1. The lowest BCUT2D eigenvalue weighted by molar-refractivity contribution is 0.978. The Hall–Kier alpha value is -0.510. The highest BCUT2D eigenvalue weighted by atomic mass is 35.5. The molecule has 0 aromatic carbocycles. The molecule has 0 unspecified atom stereocenters. The molecule has 0 atom stereocenters. The van der Waals surface area contributed by atoms with E-state index in [9.17, 15) is 0 Å². The van der Waals surface area contributed by atoms with E-state index in [1.54, 1.807) is 13.1 Å². The Morgan fingerprint density at radius 1 is 1.55 bits per heavy atom. The normalized spacial score (nSPS) is 9.82. The second-order valence-corrected chi connectivity index (χ2v) is 2.91. The highest BCUT2D eigenvalue weighted by Crippen LogP contribution is 2.23. The molecule has 0 aliphatic rings. The molecule has 2 N–H and O–H groups in total. The van der Waals surface area contributed by atoms with E-state index in [-0.39, 0.29) is 0 Å². The van der Waals surface area contributed by atoms with E-state index in [2.05, 4.69) is 4.98 Å². The van der Waals surface area contributed by atoms with Crippen molar-refractivity contribution >= 4 is 29.0 Å². The number of hydrogen-bond acceptors (Lipinski definition) is 3. The molecule has 0 amide bonds. The van der Waals surface area contributed by atoms with Gasteiger partial charge in [0.1, 0.15) is 0 Å². The van der Waals surface area contributed by atoms with Gasteiger partial charge in [0.15, 0.2) is 5.82 Å². The van der Waals surface area contributed by atoms with E-state index in [1.807, 2.05) is 0 Å². The molecule has 1 aromatic heterocycles. The molecule has 60 valence electrons. The van der Waals surface area contributed by atoms with Crippen molar-refractivity contribution in [2.24, 2.45) is 5.84 Å². The summed E-state index contributed by atoms with van der Waals surface area (Å²) >= 11 is 11.4. The van der Waals surface area contributed by atoms with Crippen molar-refractivity contribution in [1.82, 2.24) is 4.98 Å². The summed E-state index contributed by atoms with van der Waals surface area (Å²) in [4.78, 5) is 3.91. The summed E-state index contributed by atoms with van der Waals surface area (Å²) in [5.74, 6) is 5.92. The monoisotopic (exact) mass is 191 g/mol. The summed E-state index contributed by atoms with van der Waals surface area (Å²) in [5, 5.41) is 2.28. The number of pyridine rings is 1. The van der Waals surface area contributed by atoms with Gasteiger partial charge in [0.2, 0.25) is 0 Å². The van der Waals surface area contributed by atoms with E-state index < -0.39 is 0 Å². The van der Waals surface area contributed by atoms with Crippen LogP contribution in [-0.2, 0) is 0 Å². The minimum Gasteiger partial charge on any atom is -0.297 e. The second kappa shape index (κ2) is 3.26. The number of nitrogens with zero attached hydrogens (tertiary/aromatic N) is 2. The Labute approximate surface area is 74.7 Å². The highest BCUT2D eigenvalue weighted by Gasteiger charge is 2.03. The van der Waals surface area contributed by atoms with Gasteiger partial charge in [-0.2, -0.15) is 0 Å². The summed E-state index contributed by atoms with van der Waals surface area (Å²) < 4.78 is 0. The Morgan fingerprint density at radius 2 is 2.18 bits per heavy atom. The molecule has 1 rings (SSSR count). The minimum atomic E-state index is 0.447. The molecule has 1 aromatic rings. The summed E-state index contributed by atoms with van der Waals surface area (Å²) in [6.07, 6.45) is 1.49. The molecule has 0 fully saturated rings. The van der Waals surface area contributed by atoms with Crippen molar-refractivity contribution in [1.29, 1.82) is 0 Å². The number of nitrogens with two attached hydrogens (primary N) is 1. The molecule has 0 spiro atoms. The lowest BCUT2D eigenvalue weighted by atomic mass is 10.4. The Balaban J connectivity index is 3.09. The van der Waals surface area contributed by atoms with Crippen molar-refractivity contribution in [3.63, 3.8) is 0 Å². The third kappa shape index (κ3) is 1.96. The maximum Gasteiger partial charge on any atom is 0.161 e. The van der Waals surface area contributed by atoms with Crippen LogP contribution in [0.15, 0.2) is 12.3 Å².